The summed E-state index contributed by atoms with van der Waals surface area (Å²) in [5.41, 5.74) is 0.618. The van der Waals surface area contributed by atoms with Crippen molar-refractivity contribution in [3.05, 3.63) is 35.6 Å². The first-order valence-corrected chi connectivity index (χ1v) is 13.8. The van der Waals surface area contributed by atoms with Crippen LogP contribution in [-0.4, -0.2) is 47.3 Å². The molecule has 1 unspecified atom stereocenters. The van der Waals surface area contributed by atoms with Crippen LogP contribution in [0.25, 0.3) is 0 Å². The lowest BCUT2D eigenvalue weighted by Gasteiger charge is -2.33. The van der Waals surface area contributed by atoms with Crippen molar-refractivity contribution in [3.63, 3.8) is 0 Å². The number of piperidine rings is 1. The Morgan fingerprint density at radius 3 is 2.37 bits per heavy atom. The highest BCUT2D eigenvalue weighted by molar-refractivity contribution is 7.80. The van der Waals surface area contributed by atoms with Crippen LogP contribution in [0.2, 0.25) is 0 Å². The van der Waals surface area contributed by atoms with Crippen molar-refractivity contribution in [3.8, 4) is 0 Å². The third-order valence-corrected chi connectivity index (χ3v) is 7.62. The summed E-state index contributed by atoms with van der Waals surface area (Å²) < 4.78 is 18.7. The quantitative estimate of drug-likeness (QED) is 0.391. The van der Waals surface area contributed by atoms with Gasteiger partial charge in [-0.05, 0) is 89.1 Å². The Labute approximate surface area is 216 Å². The van der Waals surface area contributed by atoms with E-state index in [-0.39, 0.29) is 11.9 Å². The minimum absolute atomic E-state index is 0.187. The lowest BCUT2D eigenvalue weighted by molar-refractivity contribution is 0.0514. The van der Waals surface area contributed by atoms with E-state index in [1.54, 1.807) is 0 Å². The molecule has 1 saturated carbocycles. The van der Waals surface area contributed by atoms with Gasteiger partial charge in [-0.25, -0.2) is 9.18 Å². The number of ether oxygens (including phenoxy) is 1. The van der Waals surface area contributed by atoms with Gasteiger partial charge in [0, 0.05) is 13.1 Å². The third kappa shape index (κ3) is 10.4. The molecule has 196 valence electrons. The number of nitrogens with one attached hydrogen (secondary N) is 2. The number of thiocarbonyl (C=S) groups is 1. The fourth-order valence-corrected chi connectivity index (χ4v) is 5.42. The van der Waals surface area contributed by atoms with Crippen molar-refractivity contribution in [2.75, 3.05) is 19.6 Å². The van der Waals surface area contributed by atoms with Crippen LogP contribution in [0, 0.1) is 17.7 Å². The number of carbonyl (C=O) groups excluding carboxylic acids is 1. The van der Waals surface area contributed by atoms with Gasteiger partial charge in [-0.1, -0.05) is 56.5 Å². The van der Waals surface area contributed by atoms with Crippen LogP contribution in [0.4, 0.5) is 9.18 Å². The number of amides is 1. The Balaban J connectivity index is 1.44. The molecule has 2 aliphatic rings. The molecule has 1 aliphatic heterocycles. The second-order valence-corrected chi connectivity index (χ2v) is 11.8. The number of hydrogen-bond donors (Lipinski definition) is 2. The van der Waals surface area contributed by atoms with E-state index in [1.807, 2.05) is 32.9 Å². The highest BCUT2D eigenvalue weighted by Gasteiger charge is 2.25. The Bertz CT molecular complexity index is 797. The maximum absolute atomic E-state index is 13.1. The van der Waals surface area contributed by atoms with Crippen LogP contribution < -0.4 is 10.6 Å². The molecule has 1 atom stereocenters. The molecule has 1 aliphatic carbocycles. The largest absolute Gasteiger partial charge is 0.444 e. The van der Waals surface area contributed by atoms with E-state index in [4.69, 9.17) is 17.0 Å². The summed E-state index contributed by atoms with van der Waals surface area (Å²) in [6, 6.07) is 6.60. The van der Waals surface area contributed by atoms with Crippen LogP contribution in [0.3, 0.4) is 0 Å². The number of rotatable bonds is 9. The summed E-state index contributed by atoms with van der Waals surface area (Å²) in [5.74, 6) is 1.10. The third-order valence-electron chi connectivity index (χ3n) is 7.19. The van der Waals surface area contributed by atoms with Crippen molar-refractivity contribution in [2.45, 2.75) is 96.7 Å². The minimum Gasteiger partial charge on any atom is -0.444 e. The SMILES string of the molecule is CC(C)(C)OC(=O)NC(CCC1CCCCC1)C(=S)NCC1CCN(Cc2ccc(F)cc2)CC1. The smallest absolute Gasteiger partial charge is 0.408 e. The van der Waals surface area contributed by atoms with Crippen LogP contribution in [0.5, 0.6) is 0 Å². The van der Waals surface area contributed by atoms with E-state index in [9.17, 15) is 9.18 Å². The van der Waals surface area contributed by atoms with E-state index in [2.05, 4.69) is 15.5 Å². The summed E-state index contributed by atoms with van der Waals surface area (Å²) in [6.45, 7) is 9.38. The Morgan fingerprint density at radius 2 is 1.74 bits per heavy atom. The molecule has 2 fully saturated rings. The molecule has 1 aromatic carbocycles. The molecule has 1 aromatic rings. The van der Waals surface area contributed by atoms with E-state index >= 15 is 0 Å². The van der Waals surface area contributed by atoms with Gasteiger partial charge in [0.15, 0.2) is 0 Å². The van der Waals surface area contributed by atoms with Crippen molar-refractivity contribution in [1.82, 2.24) is 15.5 Å². The number of benzene rings is 1. The molecule has 0 bridgehead atoms. The van der Waals surface area contributed by atoms with Crippen molar-refractivity contribution >= 4 is 23.3 Å². The molecule has 3 rings (SSSR count). The fraction of sp³-hybridized carbons (Fsp3) is 0.714. The number of likely N-dealkylation sites (tertiary alicyclic amines) is 1. The average molecular weight is 506 g/mol. The van der Waals surface area contributed by atoms with Gasteiger partial charge in [0.1, 0.15) is 11.4 Å². The molecule has 7 heteroatoms. The normalized spacial score (nSPS) is 19.2. The van der Waals surface area contributed by atoms with Gasteiger partial charge in [-0.15, -0.1) is 0 Å². The topological polar surface area (TPSA) is 53.6 Å². The number of hydrogen-bond acceptors (Lipinski definition) is 4. The molecular formula is C28H44FN3O2S. The van der Waals surface area contributed by atoms with Crippen LogP contribution >= 0.6 is 12.2 Å². The zero-order valence-corrected chi connectivity index (χ0v) is 22.6. The molecule has 1 heterocycles. The lowest BCUT2D eigenvalue weighted by Crippen LogP contribution is -2.49. The first kappa shape index (κ1) is 27.9. The summed E-state index contributed by atoms with van der Waals surface area (Å²) in [6.07, 6.45) is 10.3. The highest BCUT2D eigenvalue weighted by Crippen LogP contribution is 2.28. The fourth-order valence-electron chi connectivity index (χ4n) is 5.16. The van der Waals surface area contributed by atoms with Gasteiger partial charge in [-0.2, -0.15) is 0 Å². The monoisotopic (exact) mass is 505 g/mol. The number of nitrogens with zero attached hydrogens (tertiary/aromatic N) is 1. The van der Waals surface area contributed by atoms with Gasteiger partial charge in [0.2, 0.25) is 0 Å². The Morgan fingerprint density at radius 1 is 1.09 bits per heavy atom. The van der Waals surface area contributed by atoms with E-state index in [0.29, 0.717) is 5.92 Å². The minimum atomic E-state index is -0.533. The maximum atomic E-state index is 13.1. The first-order valence-electron chi connectivity index (χ1n) is 13.4. The molecule has 0 radical (unpaired) electrons. The van der Waals surface area contributed by atoms with Crippen molar-refractivity contribution < 1.29 is 13.9 Å². The Hall–Kier alpha value is -1.73. The summed E-state index contributed by atoms with van der Waals surface area (Å²) >= 11 is 5.77. The van der Waals surface area contributed by atoms with Gasteiger partial charge in [0.05, 0.1) is 11.0 Å². The van der Waals surface area contributed by atoms with E-state index in [0.717, 1.165) is 68.3 Å². The van der Waals surface area contributed by atoms with E-state index in [1.165, 1.54) is 44.2 Å². The van der Waals surface area contributed by atoms with Crippen LogP contribution in [-0.2, 0) is 11.3 Å². The predicted molar refractivity (Wildman–Crippen MR) is 144 cm³/mol. The molecule has 2 N–H and O–H groups in total. The van der Waals surface area contributed by atoms with Crippen molar-refractivity contribution in [1.29, 1.82) is 0 Å². The molecule has 5 nitrogen and oxygen atoms in total. The molecule has 0 spiro atoms. The van der Waals surface area contributed by atoms with Gasteiger partial charge < -0.3 is 15.4 Å². The van der Waals surface area contributed by atoms with Crippen LogP contribution in [0.15, 0.2) is 24.3 Å². The predicted octanol–water partition coefficient (Wildman–Crippen LogP) is 6.21. The summed E-state index contributed by atoms with van der Waals surface area (Å²) in [7, 11) is 0. The van der Waals surface area contributed by atoms with E-state index < -0.39 is 11.7 Å². The van der Waals surface area contributed by atoms with Crippen LogP contribution in [0.1, 0.15) is 84.1 Å². The van der Waals surface area contributed by atoms with Gasteiger partial charge in [0.25, 0.3) is 0 Å². The number of halogens is 1. The molecular weight excluding hydrogens is 461 g/mol. The molecule has 35 heavy (non-hydrogen) atoms. The van der Waals surface area contributed by atoms with Gasteiger partial charge >= 0.3 is 6.09 Å². The zero-order valence-electron chi connectivity index (χ0n) is 21.8. The van der Waals surface area contributed by atoms with Gasteiger partial charge in [-0.3, -0.25) is 4.90 Å². The maximum Gasteiger partial charge on any atom is 0.408 e. The highest BCUT2D eigenvalue weighted by atomic mass is 32.1. The number of carbonyl (C=O) groups is 1. The number of alkyl carbamates (subject to hydrolysis) is 1. The first-order chi connectivity index (χ1) is 16.7. The standard InChI is InChI=1S/C28H44FN3O2S/c1-28(2,3)34-27(33)31-25(14-11-21-7-5-4-6-8-21)26(35)30-19-22-15-17-32(18-16-22)20-23-9-12-24(29)13-10-23/h9-10,12-13,21-22,25H,4-8,11,14-20H2,1-3H3,(H,30,35)(H,31,33). The molecule has 1 saturated heterocycles. The molecule has 0 aromatic heterocycles. The summed E-state index contributed by atoms with van der Waals surface area (Å²) in [5, 5.41) is 6.52. The Kier molecular flexibility index (Phi) is 10.8. The molecule has 1 amide bonds. The average Bonchev–Trinajstić information content (AvgIpc) is 2.82. The lowest BCUT2D eigenvalue weighted by atomic mass is 9.85. The zero-order chi connectivity index (χ0) is 25.3. The second kappa shape index (κ2) is 13.5. The van der Waals surface area contributed by atoms with Crippen molar-refractivity contribution in [2.24, 2.45) is 11.8 Å². The summed E-state index contributed by atoms with van der Waals surface area (Å²) in [4.78, 5) is 15.6. The second-order valence-electron chi connectivity index (χ2n) is 11.4.